The average Bonchev–Trinajstić information content (AvgIpc) is 2.63. The molecular weight excluding hydrogens is 168 g/mol. The summed E-state index contributed by atoms with van der Waals surface area (Å²) < 4.78 is 0. The second-order valence-electron chi connectivity index (χ2n) is 3.32. The number of nitrogens with zero attached hydrogens (tertiary/aromatic N) is 2. The summed E-state index contributed by atoms with van der Waals surface area (Å²) in [6.07, 6.45) is 2.14. The molecule has 0 aliphatic carbocycles. The summed E-state index contributed by atoms with van der Waals surface area (Å²) in [4.78, 5) is 13.1. The number of carbonyl (C=O) groups excluding carboxylic acids is 1. The van der Waals surface area contributed by atoms with Gasteiger partial charge in [-0.15, -0.1) is 0 Å². The van der Waals surface area contributed by atoms with E-state index < -0.39 is 0 Å². The summed E-state index contributed by atoms with van der Waals surface area (Å²) >= 11 is 0. The summed E-state index contributed by atoms with van der Waals surface area (Å²) in [7, 11) is 0. The van der Waals surface area contributed by atoms with Crippen molar-refractivity contribution >= 4 is 5.91 Å². The standard InChI is InChI=1S/C8H12N4O/c9-6-3-8(13)12(4-6)5-7-1-2-10-11-7/h1-2,6H,3-5,9H2,(H,10,11). The van der Waals surface area contributed by atoms with E-state index in [1.165, 1.54) is 0 Å². The number of hydrogen-bond donors (Lipinski definition) is 2. The van der Waals surface area contributed by atoms with Crippen molar-refractivity contribution in [2.75, 3.05) is 6.54 Å². The number of carbonyl (C=O) groups is 1. The molecule has 5 nitrogen and oxygen atoms in total. The van der Waals surface area contributed by atoms with Gasteiger partial charge in [-0.2, -0.15) is 5.10 Å². The van der Waals surface area contributed by atoms with Gasteiger partial charge in [0.1, 0.15) is 0 Å². The lowest BCUT2D eigenvalue weighted by atomic mass is 10.3. The summed E-state index contributed by atoms with van der Waals surface area (Å²) in [5.41, 5.74) is 6.60. The number of aromatic amines is 1. The van der Waals surface area contributed by atoms with E-state index in [0.29, 0.717) is 19.5 Å². The fraction of sp³-hybridized carbons (Fsp3) is 0.500. The smallest absolute Gasteiger partial charge is 0.224 e. The lowest BCUT2D eigenvalue weighted by molar-refractivity contribution is -0.128. The summed E-state index contributed by atoms with van der Waals surface area (Å²) in [5.74, 6) is 0.127. The third-order valence-corrected chi connectivity index (χ3v) is 2.16. The second kappa shape index (κ2) is 3.18. The first-order chi connectivity index (χ1) is 6.25. The van der Waals surface area contributed by atoms with Gasteiger partial charge in [-0.3, -0.25) is 9.89 Å². The largest absolute Gasteiger partial charge is 0.335 e. The third kappa shape index (κ3) is 1.70. The van der Waals surface area contributed by atoms with Crippen LogP contribution in [0.5, 0.6) is 0 Å². The average molecular weight is 180 g/mol. The summed E-state index contributed by atoms with van der Waals surface area (Å²) in [6, 6.07) is 1.85. The predicted molar refractivity (Wildman–Crippen MR) is 46.6 cm³/mol. The number of nitrogens with two attached hydrogens (primary N) is 1. The lowest BCUT2D eigenvalue weighted by Crippen LogP contribution is -2.27. The Hall–Kier alpha value is -1.36. The van der Waals surface area contributed by atoms with Crippen molar-refractivity contribution in [1.29, 1.82) is 0 Å². The maximum Gasteiger partial charge on any atom is 0.224 e. The number of hydrogen-bond acceptors (Lipinski definition) is 3. The zero-order chi connectivity index (χ0) is 9.26. The first-order valence-corrected chi connectivity index (χ1v) is 4.27. The van der Waals surface area contributed by atoms with Crippen molar-refractivity contribution < 1.29 is 4.79 Å². The molecule has 1 amide bonds. The first-order valence-electron chi connectivity index (χ1n) is 4.27. The van der Waals surface area contributed by atoms with Crippen LogP contribution in [0, 0.1) is 0 Å². The van der Waals surface area contributed by atoms with Crippen LogP contribution in [0.2, 0.25) is 0 Å². The fourth-order valence-corrected chi connectivity index (χ4v) is 1.53. The van der Waals surface area contributed by atoms with Crippen molar-refractivity contribution in [2.24, 2.45) is 5.73 Å². The number of rotatable bonds is 2. The lowest BCUT2D eigenvalue weighted by Gasteiger charge is -2.13. The Morgan fingerprint density at radius 3 is 3.15 bits per heavy atom. The Morgan fingerprint density at radius 1 is 1.77 bits per heavy atom. The van der Waals surface area contributed by atoms with Crippen molar-refractivity contribution in [2.45, 2.75) is 19.0 Å². The Morgan fingerprint density at radius 2 is 2.62 bits per heavy atom. The van der Waals surface area contributed by atoms with E-state index in [4.69, 9.17) is 5.73 Å². The highest BCUT2D eigenvalue weighted by Crippen LogP contribution is 2.11. The SMILES string of the molecule is NC1CC(=O)N(Cc2ccn[nH]2)C1. The number of likely N-dealkylation sites (tertiary alicyclic amines) is 1. The van der Waals surface area contributed by atoms with Crippen LogP contribution in [0.4, 0.5) is 0 Å². The molecule has 0 bridgehead atoms. The second-order valence-corrected chi connectivity index (χ2v) is 3.32. The predicted octanol–water partition coefficient (Wildman–Crippen LogP) is -0.531. The number of amides is 1. The van der Waals surface area contributed by atoms with Gasteiger partial charge in [0.25, 0.3) is 0 Å². The van der Waals surface area contributed by atoms with Gasteiger partial charge in [0.2, 0.25) is 5.91 Å². The molecule has 1 aromatic rings. The van der Waals surface area contributed by atoms with Crippen LogP contribution in [0.15, 0.2) is 12.3 Å². The Labute approximate surface area is 75.9 Å². The molecule has 1 aliphatic heterocycles. The number of aromatic nitrogens is 2. The third-order valence-electron chi connectivity index (χ3n) is 2.16. The molecule has 1 fully saturated rings. The highest BCUT2D eigenvalue weighted by molar-refractivity contribution is 5.79. The monoisotopic (exact) mass is 180 g/mol. The molecule has 0 aromatic carbocycles. The van der Waals surface area contributed by atoms with E-state index in [1.54, 1.807) is 11.1 Å². The molecule has 70 valence electrons. The molecule has 1 aromatic heterocycles. The van der Waals surface area contributed by atoms with E-state index in [-0.39, 0.29) is 11.9 Å². The molecule has 2 rings (SSSR count). The molecule has 0 spiro atoms. The minimum absolute atomic E-state index is 0.00424. The van der Waals surface area contributed by atoms with Crippen LogP contribution in [0.25, 0.3) is 0 Å². The van der Waals surface area contributed by atoms with E-state index in [2.05, 4.69) is 10.2 Å². The van der Waals surface area contributed by atoms with Gasteiger partial charge < -0.3 is 10.6 Å². The van der Waals surface area contributed by atoms with Crippen LogP contribution in [0.3, 0.4) is 0 Å². The molecule has 0 saturated carbocycles. The fourth-order valence-electron chi connectivity index (χ4n) is 1.53. The zero-order valence-corrected chi connectivity index (χ0v) is 7.23. The van der Waals surface area contributed by atoms with Gasteiger partial charge in [-0.1, -0.05) is 0 Å². The van der Waals surface area contributed by atoms with Gasteiger partial charge in [-0.25, -0.2) is 0 Å². The quantitative estimate of drug-likeness (QED) is 0.642. The van der Waals surface area contributed by atoms with Crippen molar-refractivity contribution in [1.82, 2.24) is 15.1 Å². The van der Waals surface area contributed by atoms with Crippen LogP contribution in [0.1, 0.15) is 12.1 Å². The van der Waals surface area contributed by atoms with Crippen LogP contribution in [-0.4, -0.2) is 33.6 Å². The first kappa shape index (κ1) is 8.25. The molecule has 1 saturated heterocycles. The van der Waals surface area contributed by atoms with Gasteiger partial charge in [0.15, 0.2) is 0 Å². The molecule has 1 aliphatic rings. The Kier molecular flexibility index (Phi) is 2.02. The summed E-state index contributed by atoms with van der Waals surface area (Å²) in [5, 5.41) is 6.63. The van der Waals surface area contributed by atoms with Crippen LogP contribution < -0.4 is 5.73 Å². The minimum Gasteiger partial charge on any atom is -0.335 e. The molecule has 2 heterocycles. The highest BCUT2D eigenvalue weighted by Gasteiger charge is 2.26. The normalized spacial score (nSPS) is 22.7. The Balaban J connectivity index is 1.99. The van der Waals surface area contributed by atoms with E-state index >= 15 is 0 Å². The Bertz CT molecular complexity index is 295. The van der Waals surface area contributed by atoms with Crippen LogP contribution >= 0.6 is 0 Å². The number of H-pyrrole nitrogens is 1. The van der Waals surface area contributed by atoms with E-state index in [9.17, 15) is 4.79 Å². The highest BCUT2D eigenvalue weighted by atomic mass is 16.2. The van der Waals surface area contributed by atoms with Gasteiger partial charge in [0.05, 0.1) is 12.2 Å². The maximum absolute atomic E-state index is 11.3. The maximum atomic E-state index is 11.3. The topological polar surface area (TPSA) is 75.0 Å². The number of nitrogens with one attached hydrogen (secondary N) is 1. The van der Waals surface area contributed by atoms with E-state index in [0.717, 1.165) is 5.69 Å². The molecule has 1 unspecified atom stereocenters. The minimum atomic E-state index is -0.00424. The van der Waals surface area contributed by atoms with Gasteiger partial charge in [0, 0.05) is 25.2 Å². The molecule has 5 heteroatoms. The molecule has 1 atom stereocenters. The molecule has 0 radical (unpaired) electrons. The molecule has 3 N–H and O–H groups in total. The van der Waals surface area contributed by atoms with Crippen molar-refractivity contribution in [3.63, 3.8) is 0 Å². The van der Waals surface area contributed by atoms with Gasteiger partial charge in [-0.05, 0) is 6.07 Å². The van der Waals surface area contributed by atoms with Gasteiger partial charge >= 0.3 is 0 Å². The molecule has 13 heavy (non-hydrogen) atoms. The zero-order valence-electron chi connectivity index (χ0n) is 7.23. The van der Waals surface area contributed by atoms with E-state index in [1.807, 2.05) is 6.07 Å². The van der Waals surface area contributed by atoms with Crippen molar-refractivity contribution in [3.8, 4) is 0 Å². The molecular formula is C8H12N4O. The summed E-state index contributed by atoms with van der Waals surface area (Å²) in [6.45, 7) is 1.24. The van der Waals surface area contributed by atoms with Crippen LogP contribution in [-0.2, 0) is 11.3 Å². The van der Waals surface area contributed by atoms with Crippen molar-refractivity contribution in [3.05, 3.63) is 18.0 Å².